The van der Waals surface area contributed by atoms with Crippen molar-refractivity contribution in [2.45, 2.75) is 12.8 Å². The summed E-state index contributed by atoms with van der Waals surface area (Å²) in [5, 5.41) is 0. The van der Waals surface area contributed by atoms with Crippen molar-refractivity contribution in [3.63, 3.8) is 0 Å². The van der Waals surface area contributed by atoms with Crippen molar-refractivity contribution in [3.05, 3.63) is 0 Å². The summed E-state index contributed by atoms with van der Waals surface area (Å²) in [6, 6.07) is 0. The first kappa shape index (κ1) is 15.5. The van der Waals surface area contributed by atoms with Gasteiger partial charge in [-0.2, -0.15) is 8.42 Å². The van der Waals surface area contributed by atoms with Gasteiger partial charge >= 0.3 is 13.6 Å². The Morgan fingerprint density at radius 2 is 2.00 bits per heavy atom. The van der Waals surface area contributed by atoms with Crippen molar-refractivity contribution >= 4 is 23.7 Å². The van der Waals surface area contributed by atoms with Crippen LogP contribution < -0.4 is 0 Å². The van der Waals surface area contributed by atoms with Gasteiger partial charge in [0.25, 0.3) is 16.0 Å². The maximum Gasteiger partial charge on any atom is 0.369 e. The number of carbonyl (C=O) groups is 1. The molecule has 0 aromatic heterocycles. The van der Waals surface area contributed by atoms with Gasteiger partial charge in [0.1, 0.15) is 0 Å². The molecule has 0 aliphatic heterocycles. The summed E-state index contributed by atoms with van der Waals surface area (Å²) in [5.41, 5.74) is 0. The van der Waals surface area contributed by atoms with Crippen LogP contribution in [0.25, 0.3) is 0 Å². The molecule has 0 rings (SSSR count). The van der Waals surface area contributed by atoms with Crippen molar-refractivity contribution in [3.8, 4) is 0 Å². The number of ether oxygens (including phenoxy) is 1. The Morgan fingerprint density at radius 1 is 1.50 bits per heavy atom. The second-order valence-electron chi connectivity index (χ2n) is 2.66. The van der Waals surface area contributed by atoms with Crippen LogP contribution in [-0.4, -0.2) is 45.1 Å². The zero-order chi connectivity index (χ0) is 13.0. The van der Waals surface area contributed by atoms with E-state index in [-0.39, 0.29) is 6.61 Å². The molecule has 8 nitrogen and oxygen atoms in total. The molecular weight excluding hydrogens is 263 g/mol. The molecule has 2 atom stereocenters. The standard InChI is InChI=1S/C6H13O8PS/c1-4-13-15(8,9)6(5(7)12-2)14-16(3,10)11/h6H,4H2,1-3H3,(H,8,9). The van der Waals surface area contributed by atoms with E-state index in [1.54, 1.807) is 0 Å². The van der Waals surface area contributed by atoms with E-state index < -0.39 is 29.5 Å². The Balaban J connectivity index is 5.10. The van der Waals surface area contributed by atoms with Crippen LogP contribution in [0.2, 0.25) is 0 Å². The van der Waals surface area contributed by atoms with Gasteiger partial charge in [-0.05, 0) is 6.92 Å². The summed E-state index contributed by atoms with van der Waals surface area (Å²) in [5.74, 6) is -3.50. The molecule has 0 amide bonds. The SMILES string of the molecule is CCOP(=O)(O)C(OS(C)(=O)=O)C(=O)OC. The van der Waals surface area contributed by atoms with Gasteiger partial charge in [0.2, 0.25) is 0 Å². The fourth-order valence-electron chi connectivity index (χ4n) is 0.746. The maximum atomic E-state index is 11.4. The Kier molecular flexibility index (Phi) is 5.57. The van der Waals surface area contributed by atoms with Crippen LogP contribution in [0, 0.1) is 0 Å². The number of carbonyl (C=O) groups excluding carboxylic acids is 1. The zero-order valence-electron chi connectivity index (χ0n) is 8.94. The van der Waals surface area contributed by atoms with Crippen molar-refractivity contribution in [2.24, 2.45) is 0 Å². The van der Waals surface area contributed by atoms with Crippen molar-refractivity contribution in [1.82, 2.24) is 0 Å². The summed E-state index contributed by atoms with van der Waals surface area (Å²) in [7, 11) is -7.72. The maximum absolute atomic E-state index is 11.4. The van der Waals surface area contributed by atoms with Gasteiger partial charge in [-0.3, -0.25) is 4.57 Å². The summed E-state index contributed by atoms with van der Waals surface area (Å²) in [6.45, 7) is 1.21. The fourth-order valence-corrected chi connectivity index (χ4v) is 2.94. The minimum absolute atomic E-state index is 0.186. The van der Waals surface area contributed by atoms with E-state index in [4.69, 9.17) is 0 Å². The smallest absolute Gasteiger partial charge is 0.369 e. The molecule has 0 aromatic carbocycles. The summed E-state index contributed by atoms with van der Waals surface area (Å²) in [6.07, 6.45) is 0.634. The topological polar surface area (TPSA) is 116 Å². The molecule has 16 heavy (non-hydrogen) atoms. The first-order valence-electron chi connectivity index (χ1n) is 4.07. The molecule has 2 unspecified atom stereocenters. The average Bonchev–Trinajstić information content (AvgIpc) is 2.11. The second kappa shape index (κ2) is 5.74. The van der Waals surface area contributed by atoms with E-state index in [0.717, 1.165) is 7.11 Å². The highest BCUT2D eigenvalue weighted by Crippen LogP contribution is 2.48. The van der Waals surface area contributed by atoms with Gasteiger partial charge < -0.3 is 14.2 Å². The minimum Gasteiger partial charge on any atom is -0.467 e. The molecule has 0 saturated heterocycles. The van der Waals surface area contributed by atoms with Crippen molar-refractivity contribution < 1.29 is 36.1 Å². The minimum atomic E-state index is -4.55. The molecule has 0 heterocycles. The number of methoxy groups -OCH3 is 1. The quantitative estimate of drug-likeness (QED) is 0.398. The summed E-state index contributed by atoms with van der Waals surface area (Å²) < 4.78 is 45.7. The van der Waals surface area contributed by atoms with Crippen LogP contribution in [0.3, 0.4) is 0 Å². The highest BCUT2D eigenvalue weighted by Gasteiger charge is 2.43. The van der Waals surface area contributed by atoms with Crippen molar-refractivity contribution in [2.75, 3.05) is 20.0 Å². The van der Waals surface area contributed by atoms with Gasteiger partial charge in [-0.15, -0.1) is 0 Å². The lowest BCUT2D eigenvalue weighted by Crippen LogP contribution is -2.29. The van der Waals surface area contributed by atoms with E-state index in [1.807, 2.05) is 0 Å². The van der Waals surface area contributed by atoms with E-state index >= 15 is 0 Å². The van der Waals surface area contributed by atoms with Crippen LogP contribution >= 0.6 is 7.60 Å². The highest BCUT2D eigenvalue weighted by atomic mass is 32.2. The zero-order valence-corrected chi connectivity index (χ0v) is 10.7. The Bertz CT molecular complexity index is 387. The Hall–Kier alpha value is -0.470. The van der Waals surface area contributed by atoms with Gasteiger partial charge in [0, 0.05) is 0 Å². The van der Waals surface area contributed by atoms with Crippen LogP contribution in [0.15, 0.2) is 0 Å². The summed E-state index contributed by atoms with van der Waals surface area (Å²) >= 11 is 0. The van der Waals surface area contributed by atoms with E-state index in [2.05, 4.69) is 13.4 Å². The van der Waals surface area contributed by atoms with Gasteiger partial charge in [-0.25, -0.2) is 8.98 Å². The van der Waals surface area contributed by atoms with Crippen molar-refractivity contribution in [1.29, 1.82) is 0 Å². The third-order valence-corrected chi connectivity index (χ3v) is 3.50. The summed E-state index contributed by atoms with van der Waals surface area (Å²) in [4.78, 5) is 20.4. The molecule has 0 aliphatic rings. The third kappa shape index (κ3) is 5.04. The molecule has 10 heteroatoms. The lowest BCUT2D eigenvalue weighted by molar-refractivity contribution is -0.145. The van der Waals surface area contributed by atoms with E-state index in [1.165, 1.54) is 6.92 Å². The molecule has 0 radical (unpaired) electrons. The fraction of sp³-hybridized carbons (Fsp3) is 0.833. The normalized spacial score (nSPS) is 17.5. The third-order valence-electron chi connectivity index (χ3n) is 1.28. The second-order valence-corrected chi connectivity index (χ2v) is 6.11. The van der Waals surface area contributed by atoms with E-state index in [9.17, 15) is 22.7 Å². The monoisotopic (exact) mass is 276 g/mol. The molecular formula is C6H13O8PS. The predicted molar refractivity (Wildman–Crippen MR) is 53.2 cm³/mol. The lowest BCUT2D eigenvalue weighted by atomic mass is 10.7. The largest absolute Gasteiger partial charge is 0.467 e. The molecule has 0 bridgehead atoms. The molecule has 0 fully saturated rings. The van der Waals surface area contributed by atoms with Crippen LogP contribution in [0.4, 0.5) is 0 Å². The molecule has 0 aromatic rings. The van der Waals surface area contributed by atoms with Gasteiger partial charge in [0.15, 0.2) is 0 Å². The number of rotatable bonds is 6. The van der Waals surface area contributed by atoms with Gasteiger partial charge in [-0.1, -0.05) is 0 Å². The Morgan fingerprint density at radius 3 is 2.31 bits per heavy atom. The van der Waals surface area contributed by atoms with Crippen LogP contribution in [0.1, 0.15) is 6.92 Å². The first-order chi connectivity index (χ1) is 7.14. The Labute approximate surface area is 93.2 Å². The van der Waals surface area contributed by atoms with Crippen LogP contribution in [0.5, 0.6) is 0 Å². The molecule has 96 valence electrons. The predicted octanol–water partition coefficient (Wildman–Crippen LogP) is -0.316. The highest BCUT2D eigenvalue weighted by molar-refractivity contribution is 7.86. The van der Waals surface area contributed by atoms with E-state index in [0.29, 0.717) is 6.26 Å². The number of esters is 1. The molecule has 0 spiro atoms. The molecule has 0 saturated carbocycles. The molecule has 0 aliphatic carbocycles. The van der Waals surface area contributed by atoms with Crippen LogP contribution in [-0.2, 0) is 32.9 Å². The first-order valence-corrected chi connectivity index (χ1v) is 7.53. The van der Waals surface area contributed by atoms with Gasteiger partial charge in [0.05, 0.1) is 20.0 Å². The number of hydrogen-bond acceptors (Lipinski definition) is 7. The average molecular weight is 276 g/mol. The molecule has 1 N–H and O–H groups in total. The lowest BCUT2D eigenvalue weighted by Gasteiger charge is -2.18. The number of hydrogen-bond donors (Lipinski definition) is 1.